The van der Waals surface area contributed by atoms with Crippen molar-refractivity contribution in [3.63, 3.8) is 0 Å². The Morgan fingerprint density at radius 3 is 2.85 bits per heavy atom. The first kappa shape index (κ1) is 15.4. The number of anilines is 1. The molecule has 4 nitrogen and oxygen atoms in total. The molecule has 1 aromatic heterocycles. The quantitative estimate of drug-likeness (QED) is 0.694. The van der Waals surface area contributed by atoms with E-state index in [-0.39, 0.29) is 0 Å². The Morgan fingerprint density at radius 2 is 2.05 bits per heavy atom. The Balaban J connectivity index is 1.66. The highest BCUT2D eigenvalue weighted by Crippen LogP contribution is 2.29. The average molecular weight is 279 g/mol. The minimum atomic E-state index is 0.648. The normalized spacial score (nSPS) is 16.4. The molecule has 1 N–H and O–H groups in total. The highest BCUT2D eigenvalue weighted by atomic mass is 16.5. The van der Waals surface area contributed by atoms with Crippen LogP contribution in [0.15, 0.2) is 12.4 Å². The minimum absolute atomic E-state index is 0.648. The number of imidazole rings is 1. The van der Waals surface area contributed by atoms with Crippen LogP contribution in [0.5, 0.6) is 0 Å². The smallest absolute Gasteiger partial charge is 0.203 e. The highest BCUT2D eigenvalue weighted by Gasteiger charge is 2.17. The molecule has 1 saturated carbocycles. The fraction of sp³-hybridized carbons (Fsp3) is 0.812. The third kappa shape index (κ3) is 4.82. The zero-order chi connectivity index (χ0) is 14.0. The summed E-state index contributed by atoms with van der Waals surface area (Å²) >= 11 is 0. The predicted octanol–water partition coefficient (Wildman–Crippen LogP) is 4.01. The molecule has 0 bridgehead atoms. The summed E-state index contributed by atoms with van der Waals surface area (Å²) in [5.41, 5.74) is 0. The van der Waals surface area contributed by atoms with Gasteiger partial charge in [-0.25, -0.2) is 4.98 Å². The molecule has 0 amide bonds. The van der Waals surface area contributed by atoms with E-state index in [2.05, 4.69) is 28.0 Å². The number of nitrogens with zero attached hydrogens (tertiary/aromatic N) is 2. The van der Waals surface area contributed by atoms with Crippen LogP contribution in [0.4, 0.5) is 5.95 Å². The molecule has 0 radical (unpaired) electrons. The molecule has 0 atom stereocenters. The molecule has 20 heavy (non-hydrogen) atoms. The molecule has 4 heteroatoms. The first-order valence-electron chi connectivity index (χ1n) is 8.26. The summed E-state index contributed by atoms with van der Waals surface area (Å²) in [6, 6.07) is 0.648. The third-order valence-corrected chi connectivity index (χ3v) is 4.03. The van der Waals surface area contributed by atoms with E-state index < -0.39 is 0 Å². The summed E-state index contributed by atoms with van der Waals surface area (Å²) < 4.78 is 7.90. The Labute approximate surface area is 122 Å². The van der Waals surface area contributed by atoms with Crippen LogP contribution in [0.25, 0.3) is 0 Å². The zero-order valence-electron chi connectivity index (χ0n) is 12.8. The monoisotopic (exact) mass is 279 g/mol. The molecular weight excluding hydrogens is 250 g/mol. The molecule has 0 spiro atoms. The summed E-state index contributed by atoms with van der Waals surface area (Å²) in [7, 11) is 0. The van der Waals surface area contributed by atoms with Gasteiger partial charge in [-0.15, -0.1) is 0 Å². The second kappa shape index (κ2) is 9.01. The second-order valence-electron chi connectivity index (χ2n) is 5.70. The van der Waals surface area contributed by atoms with E-state index in [0.717, 1.165) is 32.1 Å². The molecule has 0 unspecified atom stereocenters. The van der Waals surface area contributed by atoms with Crippen LogP contribution in [-0.4, -0.2) is 29.3 Å². The van der Waals surface area contributed by atoms with Crippen LogP contribution >= 0.6 is 0 Å². The summed E-state index contributed by atoms with van der Waals surface area (Å²) in [6.45, 7) is 4.87. The van der Waals surface area contributed by atoms with Crippen molar-refractivity contribution in [3.05, 3.63) is 12.4 Å². The number of hydrogen-bond donors (Lipinski definition) is 1. The van der Waals surface area contributed by atoms with Crippen LogP contribution in [0.1, 0.15) is 64.3 Å². The topological polar surface area (TPSA) is 39.1 Å². The number of unbranched alkanes of at least 4 members (excludes halogenated alkanes) is 1. The van der Waals surface area contributed by atoms with Crippen LogP contribution in [0.2, 0.25) is 0 Å². The van der Waals surface area contributed by atoms with Gasteiger partial charge < -0.3 is 14.6 Å². The summed E-state index contributed by atoms with van der Waals surface area (Å²) in [5, 5.41) is 3.45. The van der Waals surface area contributed by atoms with Gasteiger partial charge in [-0.3, -0.25) is 0 Å². The van der Waals surface area contributed by atoms with Gasteiger partial charge >= 0.3 is 0 Å². The summed E-state index contributed by atoms with van der Waals surface area (Å²) in [6.07, 6.45) is 14.1. The largest absolute Gasteiger partial charge is 0.381 e. The van der Waals surface area contributed by atoms with Crippen molar-refractivity contribution >= 4 is 5.95 Å². The molecule has 0 aliphatic heterocycles. The predicted molar refractivity (Wildman–Crippen MR) is 83.2 cm³/mol. The molecule has 1 aliphatic rings. The van der Waals surface area contributed by atoms with Gasteiger partial charge in [0.15, 0.2) is 0 Å². The van der Waals surface area contributed by atoms with E-state index in [0.29, 0.717) is 6.04 Å². The maximum Gasteiger partial charge on any atom is 0.203 e. The van der Waals surface area contributed by atoms with Gasteiger partial charge in [0.2, 0.25) is 5.95 Å². The number of rotatable bonds is 9. The average Bonchev–Trinajstić information content (AvgIpc) is 2.96. The first-order valence-corrected chi connectivity index (χ1v) is 8.26. The SMILES string of the molecule is CCCCOCCCNc1nccn1C1CCCCC1. The molecular formula is C16H29N3O. The Morgan fingerprint density at radius 1 is 1.25 bits per heavy atom. The summed E-state index contributed by atoms with van der Waals surface area (Å²) in [4.78, 5) is 4.45. The van der Waals surface area contributed by atoms with Crippen molar-refractivity contribution in [1.82, 2.24) is 9.55 Å². The third-order valence-electron chi connectivity index (χ3n) is 4.03. The number of nitrogens with one attached hydrogen (secondary N) is 1. The van der Waals surface area contributed by atoms with E-state index in [1.54, 1.807) is 0 Å². The zero-order valence-corrected chi connectivity index (χ0v) is 12.8. The van der Waals surface area contributed by atoms with Crippen molar-refractivity contribution in [1.29, 1.82) is 0 Å². The summed E-state index contributed by atoms with van der Waals surface area (Å²) in [5.74, 6) is 1.03. The lowest BCUT2D eigenvalue weighted by atomic mass is 9.95. The molecule has 2 rings (SSSR count). The standard InChI is InChI=1S/C16H29N3O/c1-2-3-13-20-14-7-10-17-16-18-11-12-19(16)15-8-5-4-6-9-15/h11-12,15H,2-10,13-14H2,1H3,(H,17,18). The number of aromatic nitrogens is 2. The molecule has 1 heterocycles. The lowest BCUT2D eigenvalue weighted by molar-refractivity contribution is 0.131. The minimum Gasteiger partial charge on any atom is -0.381 e. The fourth-order valence-electron chi connectivity index (χ4n) is 2.83. The molecule has 1 aromatic rings. The highest BCUT2D eigenvalue weighted by molar-refractivity contribution is 5.26. The Kier molecular flexibility index (Phi) is 6.92. The van der Waals surface area contributed by atoms with Crippen LogP contribution in [-0.2, 0) is 4.74 Å². The lowest BCUT2D eigenvalue weighted by Gasteiger charge is -2.24. The molecule has 114 valence electrons. The maximum atomic E-state index is 5.57. The van der Waals surface area contributed by atoms with Crippen molar-refractivity contribution in [2.75, 3.05) is 25.1 Å². The Hall–Kier alpha value is -1.03. The number of ether oxygens (including phenoxy) is 1. The van der Waals surface area contributed by atoms with Gasteiger partial charge in [-0.05, 0) is 25.7 Å². The van der Waals surface area contributed by atoms with E-state index in [1.807, 2.05) is 6.20 Å². The van der Waals surface area contributed by atoms with Gasteiger partial charge in [0.1, 0.15) is 0 Å². The van der Waals surface area contributed by atoms with Gasteiger partial charge in [-0.2, -0.15) is 0 Å². The van der Waals surface area contributed by atoms with Gasteiger partial charge in [0.25, 0.3) is 0 Å². The van der Waals surface area contributed by atoms with Crippen LogP contribution in [0.3, 0.4) is 0 Å². The fourth-order valence-corrected chi connectivity index (χ4v) is 2.83. The molecule has 1 fully saturated rings. The van der Waals surface area contributed by atoms with Gasteiger partial charge in [-0.1, -0.05) is 32.6 Å². The van der Waals surface area contributed by atoms with E-state index in [1.165, 1.54) is 44.9 Å². The Bertz CT molecular complexity index is 358. The maximum absolute atomic E-state index is 5.57. The number of hydrogen-bond acceptors (Lipinski definition) is 3. The molecule has 1 aliphatic carbocycles. The lowest BCUT2D eigenvalue weighted by Crippen LogP contribution is -2.16. The second-order valence-corrected chi connectivity index (χ2v) is 5.70. The van der Waals surface area contributed by atoms with E-state index in [4.69, 9.17) is 4.74 Å². The molecule has 0 saturated heterocycles. The van der Waals surface area contributed by atoms with Crippen molar-refractivity contribution in [2.45, 2.75) is 64.3 Å². The van der Waals surface area contributed by atoms with E-state index >= 15 is 0 Å². The van der Waals surface area contributed by atoms with Crippen molar-refractivity contribution in [2.24, 2.45) is 0 Å². The van der Waals surface area contributed by atoms with Gasteiger partial charge in [0, 0.05) is 38.2 Å². The van der Waals surface area contributed by atoms with Gasteiger partial charge in [0.05, 0.1) is 0 Å². The van der Waals surface area contributed by atoms with Crippen LogP contribution < -0.4 is 5.32 Å². The van der Waals surface area contributed by atoms with Crippen LogP contribution in [0, 0.1) is 0 Å². The molecule has 0 aromatic carbocycles. The van der Waals surface area contributed by atoms with Crippen molar-refractivity contribution in [3.8, 4) is 0 Å². The van der Waals surface area contributed by atoms with Crippen molar-refractivity contribution < 1.29 is 4.74 Å². The van der Waals surface area contributed by atoms with E-state index in [9.17, 15) is 0 Å². The first-order chi connectivity index (χ1) is 9.92.